The van der Waals surface area contributed by atoms with Crippen molar-refractivity contribution in [2.45, 2.75) is 22.6 Å². The number of benzene rings is 1. The summed E-state index contributed by atoms with van der Waals surface area (Å²) >= 11 is 1.27. The molecule has 2 aromatic heterocycles. The van der Waals surface area contributed by atoms with Crippen LogP contribution in [-0.4, -0.2) is 37.5 Å². The highest BCUT2D eigenvalue weighted by atomic mass is 32.2. The fourth-order valence-electron chi connectivity index (χ4n) is 2.37. The molecule has 0 bridgehead atoms. The maximum Gasteiger partial charge on any atom is 0.316 e. The van der Waals surface area contributed by atoms with Gasteiger partial charge in [0, 0.05) is 22.9 Å². The summed E-state index contributed by atoms with van der Waals surface area (Å²) < 4.78 is 17.7. The Kier molecular flexibility index (Phi) is 7.27. The lowest BCUT2D eigenvalue weighted by Crippen LogP contribution is -2.07. The van der Waals surface area contributed by atoms with Gasteiger partial charge in [0.15, 0.2) is 5.82 Å². The Balaban J connectivity index is 1.86. The number of hydrogen-bond donors (Lipinski definition) is 0. The average Bonchev–Trinajstić information content (AvgIpc) is 2.73. The van der Waals surface area contributed by atoms with E-state index in [0.717, 1.165) is 10.5 Å². The van der Waals surface area contributed by atoms with Crippen molar-refractivity contribution in [1.29, 1.82) is 0 Å². The van der Waals surface area contributed by atoms with E-state index in [1.807, 2.05) is 36.4 Å². The number of nitrogens with zero attached hydrogens (tertiary/aromatic N) is 3. The van der Waals surface area contributed by atoms with E-state index in [0.29, 0.717) is 23.2 Å². The summed E-state index contributed by atoms with van der Waals surface area (Å²) in [5.41, 5.74) is 1.40. The van der Waals surface area contributed by atoms with Gasteiger partial charge in [-0.1, -0.05) is 30.0 Å². The number of carbonyl (C=O) groups excluding carboxylic acids is 1. The summed E-state index contributed by atoms with van der Waals surface area (Å²) in [6.45, 7) is 2.11. The van der Waals surface area contributed by atoms with Gasteiger partial charge in [-0.25, -0.2) is 9.97 Å². The minimum absolute atomic E-state index is 0.151. The van der Waals surface area contributed by atoms with Crippen molar-refractivity contribution in [2.75, 3.05) is 12.4 Å². The molecule has 3 aromatic rings. The maximum atomic E-state index is 12.7. The van der Waals surface area contributed by atoms with Gasteiger partial charge in [-0.2, -0.15) is 0 Å². The fraction of sp³-hybridized carbons (Fsp3) is 0.200. The monoisotopic (exact) mass is 413 g/mol. The smallest absolute Gasteiger partial charge is 0.316 e. The van der Waals surface area contributed by atoms with E-state index < -0.39 is 10.8 Å². The van der Waals surface area contributed by atoms with Gasteiger partial charge in [0.2, 0.25) is 0 Å². The van der Waals surface area contributed by atoms with Crippen LogP contribution < -0.4 is 0 Å². The molecule has 0 aliphatic carbocycles. The Bertz CT molecular complexity index is 953. The molecule has 0 fully saturated rings. The van der Waals surface area contributed by atoms with Crippen LogP contribution in [0.4, 0.5) is 0 Å². The summed E-state index contributed by atoms with van der Waals surface area (Å²) in [5.74, 6) is 0.594. The largest absolute Gasteiger partial charge is 0.465 e. The van der Waals surface area contributed by atoms with Crippen molar-refractivity contribution in [2.24, 2.45) is 0 Å². The number of aromatic nitrogens is 3. The summed E-state index contributed by atoms with van der Waals surface area (Å²) in [6.07, 6.45) is 3.35. The van der Waals surface area contributed by atoms with Crippen LogP contribution >= 0.6 is 11.8 Å². The zero-order chi connectivity index (χ0) is 19.8. The fourth-order valence-corrected chi connectivity index (χ4v) is 4.13. The first-order chi connectivity index (χ1) is 13.7. The topological polar surface area (TPSA) is 82.0 Å². The molecule has 0 unspecified atom stereocenters. The van der Waals surface area contributed by atoms with Gasteiger partial charge in [-0.05, 0) is 37.3 Å². The molecule has 3 rings (SSSR count). The Morgan fingerprint density at radius 2 is 1.96 bits per heavy atom. The van der Waals surface area contributed by atoms with E-state index in [1.54, 1.807) is 31.5 Å². The molecule has 0 N–H and O–H groups in total. The molecule has 2 heterocycles. The second-order valence-corrected chi connectivity index (χ2v) is 8.11. The molecule has 0 aliphatic heterocycles. The van der Waals surface area contributed by atoms with Crippen molar-refractivity contribution in [3.8, 4) is 11.4 Å². The van der Waals surface area contributed by atoms with E-state index in [4.69, 9.17) is 4.74 Å². The summed E-state index contributed by atoms with van der Waals surface area (Å²) in [4.78, 5) is 25.6. The lowest BCUT2D eigenvalue weighted by atomic mass is 10.2. The Morgan fingerprint density at radius 1 is 1.14 bits per heavy atom. The third-order valence-corrected chi connectivity index (χ3v) is 5.84. The molecule has 144 valence electrons. The lowest BCUT2D eigenvalue weighted by molar-refractivity contribution is -0.139. The molecule has 0 aliphatic rings. The first kappa shape index (κ1) is 20.2. The summed E-state index contributed by atoms with van der Waals surface area (Å²) in [7, 11) is -1.23. The molecule has 0 amide bonds. The van der Waals surface area contributed by atoms with E-state index in [-0.39, 0.29) is 17.5 Å². The predicted octanol–water partition coefficient (Wildman–Crippen LogP) is 3.50. The molecule has 0 saturated heterocycles. The van der Waals surface area contributed by atoms with Crippen LogP contribution in [0.5, 0.6) is 0 Å². The predicted molar refractivity (Wildman–Crippen MR) is 109 cm³/mol. The third-order valence-electron chi connectivity index (χ3n) is 3.60. The van der Waals surface area contributed by atoms with Crippen molar-refractivity contribution >= 4 is 28.5 Å². The van der Waals surface area contributed by atoms with Gasteiger partial charge < -0.3 is 4.74 Å². The molecule has 6 nitrogen and oxygen atoms in total. The Morgan fingerprint density at radius 3 is 2.68 bits per heavy atom. The second kappa shape index (κ2) is 10.1. The lowest BCUT2D eigenvalue weighted by Gasteiger charge is -2.08. The number of thioether (sulfide) groups is 1. The SMILES string of the molecule is CCOC(=O)CSc1cc(C[S@](=O)c2ccccc2)nc(-c2cccnc2)n1. The van der Waals surface area contributed by atoms with Crippen LogP contribution in [0.1, 0.15) is 12.6 Å². The number of pyridine rings is 1. The maximum absolute atomic E-state index is 12.7. The van der Waals surface area contributed by atoms with Crippen LogP contribution in [0.2, 0.25) is 0 Å². The Labute approximate surface area is 170 Å². The van der Waals surface area contributed by atoms with Gasteiger partial charge in [-0.3, -0.25) is 14.0 Å². The van der Waals surface area contributed by atoms with Crippen molar-refractivity contribution in [3.05, 3.63) is 66.6 Å². The average molecular weight is 414 g/mol. The van der Waals surface area contributed by atoms with Crippen LogP contribution in [-0.2, 0) is 26.1 Å². The first-order valence-corrected chi connectivity index (χ1v) is 11.0. The highest BCUT2D eigenvalue weighted by molar-refractivity contribution is 7.99. The first-order valence-electron chi connectivity index (χ1n) is 8.66. The van der Waals surface area contributed by atoms with E-state index in [9.17, 15) is 9.00 Å². The molecule has 0 radical (unpaired) electrons. The molecule has 28 heavy (non-hydrogen) atoms. The number of esters is 1. The molecular formula is C20H19N3O3S2. The molecule has 0 spiro atoms. The van der Waals surface area contributed by atoms with Crippen molar-refractivity contribution < 1.29 is 13.7 Å². The molecular weight excluding hydrogens is 394 g/mol. The van der Waals surface area contributed by atoms with Crippen LogP contribution in [0.25, 0.3) is 11.4 Å². The normalized spacial score (nSPS) is 11.8. The van der Waals surface area contributed by atoms with Gasteiger partial charge in [0.1, 0.15) is 5.03 Å². The van der Waals surface area contributed by atoms with E-state index >= 15 is 0 Å². The number of rotatable bonds is 8. The minimum Gasteiger partial charge on any atom is -0.465 e. The zero-order valence-electron chi connectivity index (χ0n) is 15.3. The van der Waals surface area contributed by atoms with Gasteiger partial charge in [0.25, 0.3) is 0 Å². The summed E-state index contributed by atoms with van der Waals surface area (Å²) in [5, 5.41) is 0.627. The van der Waals surface area contributed by atoms with Crippen LogP contribution in [0, 0.1) is 0 Å². The van der Waals surface area contributed by atoms with Gasteiger partial charge >= 0.3 is 5.97 Å². The number of hydrogen-bond acceptors (Lipinski definition) is 7. The zero-order valence-corrected chi connectivity index (χ0v) is 16.9. The van der Waals surface area contributed by atoms with Gasteiger partial charge in [-0.15, -0.1) is 0 Å². The molecule has 0 saturated carbocycles. The minimum atomic E-state index is -1.23. The highest BCUT2D eigenvalue weighted by Crippen LogP contribution is 2.23. The van der Waals surface area contributed by atoms with Crippen LogP contribution in [0.15, 0.2) is 70.8 Å². The standard InChI is InChI=1S/C20H19N3O3S2/c1-2-26-19(24)13-27-18-11-16(14-28(25)17-8-4-3-5-9-17)22-20(23-18)15-7-6-10-21-12-15/h3-12H,2,13-14H2,1H3/t28-/m0/s1. The van der Waals surface area contributed by atoms with E-state index in [2.05, 4.69) is 15.0 Å². The second-order valence-electron chi connectivity index (χ2n) is 5.66. The highest BCUT2D eigenvalue weighted by Gasteiger charge is 2.13. The van der Waals surface area contributed by atoms with Gasteiger partial charge in [0.05, 0.1) is 34.6 Å². The van der Waals surface area contributed by atoms with Crippen LogP contribution in [0.3, 0.4) is 0 Å². The number of carbonyl (C=O) groups is 1. The third kappa shape index (κ3) is 5.71. The quantitative estimate of drug-likeness (QED) is 0.317. The molecule has 8 heteroatoms. The number of ether oxygens (including phenoxy) is 1. The van der Waals surface area contributed by atoms with Crippen molar-refractivity contribution in [3.63, 3.8) is 0 Å². The van der Waals surface area contributed by atoms with E-state index in [1.165, 1.54) is 11.8 Å². The van der Waals surface area contributed by atoms with Crippen molar-refractivity contribution in [1.82, 2.24) is 15.0 Å². The Hall–Kier alpha value is -2.58. The molecule has 1 aromatic carbocycles. The molecule has 1 atom stereocenters. The summed E-state index contributed by atoms with van der Waals surface area (Å²) in [6, 6.07) is 14.7.